The lowest BCUT2D eigenvalue weighted by Gasteiger charge is -2.39. The summed E-state index contributed by atoms with van der Waals surface area (Å²) in [6, 6.07) is 0. The molecule has 1 saturated carbocycles. The van der Waals surface area contributed by atoms with E-state index in [1.54, 1.807) is 0 Å². The Morgan fingerprint density at radius 1 is 1.33 bits per heavy atom. The van der Waals surface area contributed by atoms with Gasteiger partial charge in [0.2, 0.25) is 0 Å². The lowest BCUT2D eigenvalue weighted by Crippen LogP contribution is -2.51. The molecule has 1 saturated heterocycles. The number of nitrogens with one attached hydrogen (secondary N) is 1. The molecule has 3 nitrogen and oxygen atoms in total. The maximum absolute atomic E-state index is 4.86. The van der Waals surface area contributed by atoms with Crippen LogP contribution in [-0.4, -0.2) is 47.5 Å². The summed E-state index contributed by atoms with van der Waals surface area (Å²) in [5.74, 6) is 2.33. The molecule has 104 valence electrons. The molecule has 4 heteroatoms. The lowest BCUT2D eigenvalue weighted by molar-refractivity contribution is 0.374. The third-order valence-electron chi connectivity index (χ3n) is 3.77. The zero-order valence-corrected chi connectivity index (χ0v) is 13.1. The van der Waals surface area contributed by atoms with Crippen LogP contribution in [0.3, 0.4) is 0 Å². The van der Waals surface area contributed by atoms with E-state index in [0.717, 1.165) is 32.1 Å². The molecule has 2 aliphatic rings. The Hall–Kier alpha value is -0.380. The average Bonchev–Trinajstić information content (AvgIpc) is 3.02. The quantitative estimate of drug-likeness (QED) is 0.630. The number of hydrogen-bond donors (Lipinski definition) is 1. The molecule has 0 aromatic rings. The lowest BCUT2D eigenvalue weighted by atomic mass is 10.1. The Labute approximate surface area is 116 Å². The zero-order chi connectivity index (χ0) is 13.2. The second kappa shape index (κ2) is 5.32. The van der Waals surface area contributed by atoms with Gasteiger partial charge in [-0.3, -0.25) is 4.99 Å². The van der Waals surface area contributed by atoms with Crippen LogP contribution in [0.2, 0.25) is 0 Å². The van der Waals surface area contributed by atoms with Crippen LogP contribution in [0.5, 0.6) is 0 Å². The second-order valence-electron chi connectivity index (χ2n) is 6.51. The van der Waals surface area contributed by atoms with Gasteiger partial charge in [0.05, 0.1) is 0 Å². The SMILES string of the molecule is CCNC(=NCC1(C)CC1)N1CCSC(C)(C)C1. The first-order chi connectivity index (χ1) is 8.44. The Bertz CT molecular complexity index is 321. The number of rotatable bonds is 3. The highest BCUT2D eigenvalue weighted by molar-refractivity contribution is 8.00. The van der Waals surface area contributed by atoms with E-state index in [9.17, 15) is 0 Å². The van der Waals surface area contributed by atoms with Gasteiger partial charge in [-0.25, -0.2) is 0 Å². The van der Waals surface area contributed by atoms with Gasteiger partial charge in [-0.2, -0.15) is 11.8 Å². The van der Waals surface area contributed by atoms with Crippen molar-refractivity contribution >= 4 is 17.7 Å². The van der Waals surface area contributed by atoms with Crippen LogP contribution in [0.4, 0.5) is 0 Å². The fourth-order valence-corrected chi connectivity index (χ4v) is 3.37. The van der Waals surface area contributed by atoms with Crippen molar-refractivity contribution < 1.29 is 0 Å². The molecular weight excluding hydrogens is 242 g/mol. The summed E-state index contributed by atoms with van der Waals surface area (Å²) in [6.45, 7) is 13.3. The molecule has 1 aliphatic heterocycles. The molecule has 1 heterocycles. The fourth-order valence-electron chi connectivity index (χ4n) is 2.26. The first-order valence-corrected chi connectivity index (χ1v) is 8.10. The Morgan fingerprint density at radius 3 is 2.61 bits per heavy atom. The number of aliphatic imine (C=N–C) groups is 1. The largest absolute Gasteiger partial charge is 0.357 e. The summed E-state index contributed by atoms with van der Waals surface area (Å²) >= 11 is 2.07. The minimum absolute atomic E-state index is 0.345. The standard InChI is InChI=1S/C14H27N3S/c1-5-15-12(16-10-14(4)6-7-14)17-8-9-18-13(2,3)11-17/h5-11H2,1-4H3,(H,15,16). The zero-order valence-electron chi connectivity index (χ0n) is 12.3. The summed E-state index contributed by atoms with van der Waals surface area (Å²) in [7, 11) is 0. The molecule has 0 bridgehead atoms. The highest BCUT2D eigenvalue weighted by Gasteiger charge is 2.37. The van der Waals surface area contributed by atoms with Crippen LogP contribution in [-0.2, 0) is 0 Å². The van der Waals surface area contributed by atoms with Gasteiger partial charge in [-0.05, 0) is 39.0 Å². The first-order valence-electron chi connectivity index (χ1n) is 7.11. The van der Waals surface area contributed by atoms with E-state index in [2.05, 4.69) is 49.7 Å². The topological polar surface area (TPSA) is 27.6 Å². The van der Waals surface area contributed by atoms with Crippen molar-refractivity contribution in [2.45, 2.75) is 45.3 Å². The highest BCUT2D eigenvalue weighted by atomic mass is 32.2. The van der Waals surface area contributed by atoms with Gasteiger partial charge in [0, 0.05) is 36.7 Å². The molecule has 1 N–H and O–H groups in total. The van der Waals surface area contributed by atoms with Crippen LogP contribution in [0.25, 0.3) is 0 Å². The molecule has 0 aromatic heterocycles. The molecule has 0 aromatic carbocycles. The number of guanidine groups is 1. The normalized spacial score (nSPS) is 26.0. The molecule has 0 amide bonds. The molecule has 0 unspecified atom stereocenters. The van der Waals surface area contributed by atoms with Crippen molar-refractivity contribution in [2.24, 2.45) is 10.4 Å². The van der Waals surface area contributed by atoms with Gasteiger partial charge >= 0.3 is 0 Å². The molecule has 0 radical (unpaired) electrons. The van der Waals surface area contributed by atoms with Crippen molar-refractivity contribution in [2.75, 3.05) is 31.9 Å². The fraction of sp³-hybridized carbons (Fsp3) is 0.929. The molecule has 0 atom stereocenters. The third-order valence-corrected chi connectivity index (χ3v) is 5.07. The van der Waals surface area contributed by atoms with Gasteiger partial charge < -0.3 is 10.2 Å². The van der Waals surface area contributed by atoms with Crippen LogP contribution in [0.1, 0.15) is 40.5 Å². The predicted molar refractivity (Wildman–Crippen MR) is 81.4 cm³/mol. The van der Waals surface area contributed by atoms with Gasteiger partial charge in [0.25, 0.3) is 0 Å². The number of nitrogens with zero attached hydrogens (tertiary/aromatic N) is 2. The van der Waals surface area contributed by atoms with Crippen LogP contribution in [0, 0.1) is 5.41 Å². The summed E-state index contributed by atoms with van der Waals surface area (Å²) in [5.41, 5.74) is 0.501. The van der Waals surface area contributed by atoms with E-state index < -0.39 is 0 Å². The molecule has 1 aliphatic carbocycles. The first kappa shape index (κ1) is 14.0. The van der Waals surface area contributed by atoms with Crippen molar-refractivity contribution in [1.82, 2.24) is 10.2 Å². The summed E-state index contributed by atoms with van der Waals surface area (Å²) in [6.07, 6.45) is 2.69. The van der Waals surface area contributed by atoms with Crippen molar-refractivity contribution in [3.05, 3.63) is 0 Å². The maximum atomic E-state index is 4.86. The van der Waals surface area contributed by atoms with Crippen molar-refractivity contribution in [3.8, 4) is 0 Å². The minimum Gasteiger partial charge on any atom is -0.357 e. The predicted octanol–water partition coefficient (Wildman–Crippen LogP) is 2.58. The summed E-state index contributed by atoms with van der Waals surface area (Å²) in [4.78, 5) is 7.29. The number of thioether (sulfide) groups is 1. The van der Waals surface area contributed by atoms with Crippen LogP contribution >= 0.6 is 11.8 Å². The minimum atomic E-state index is 0.345. The van der Waals surface area contributed by atoms with E-state index in [1.807, 2.05) is 0 Å². The summed E-state index contributed by atoms with van der Waals surface area (Å²) in [5, 5.41) is 3.46. The van der Waals surface area contributed by atoms with Crippen LogP contribution < -0.4 is 5.32 Å². The average molecular weight is 269 g/mol. The van der Waals surface area contributed by atoms with E-state index in [-0.39, 0.29) is 0 Å². The van der Waals surface area contributed by atoms with E-state index >= 15 is 0 Å². The Morgan fingerprint density at radius 2 is 2.06 bits per heavy atom. The van der Waals surface area contributed by atoms with E-state index in [4.69, 9.17) is 4.99 Å². The van der Waals surface area contributed by atoms with Crippen molar-refractivity contribution in [3.63, 3.8) is 0 Å². The van der Waals surface area contributed by atoms with Gasteiger partial charge in [0.15, 0.2) is 5.96 Å². The molecule has 2 rings (SSSR count). The van der Waals surface area contributed by atoms with Crippen LogP contribution in [0.15, 0.2) is 4.99 Å². The molecular formula is C14H27N3S. The van der Waals surface area contributed by atoms with E-state index in [0.29, 0.717) is 10.2 Å². The third kappa shape index (κ3) is 3.81. The Kier molecular flexibility index (Phi) is 4.15. The molecule has 2 fully saturated rings. The number of hydrogen-bond acceptors (Lipinski definition) is 2. The smallest absolute Gasteiger partial charge is 0.194 e. The van der Waals surface area contributed by atoms with E-state index in [1.165, 1.54) is 18.6 Å². The monoisotopic (exact) mass is 269 g/mol. The Balaban J connectivity index is 1.99. The maximum Gasteiger partial charge on any atom is 0.194 e. The van der Waals surface area contributed by atoms with Gasteiger partial charge in [-0.1, -0.05) is 6.92 Å². The van der Waals surface area contributed by atoms with Gasteiger partial charge in [-0.15, -0.1) is 0 Å². The summed E-state index contributed by atoms with van der Waals surface area (Å²) < 4.78 is 0.345. The molecule has 0 spiro atoms. The highest BCUT2D eigenvalue weighted by Crippen LogP contribution is 2.45. The van der Waals surface area contributed by atoms with Gasteiger partial charge in [0.1, 0.15) is 0 Å². The molecule has 18 heavy (non-hydrogen) atoms. The van der Waals surface area contributed by atoms with Crippen molar-refractivity contribution in [1.29, 1.82) is 0 Å². The second-order valence-corrected chi connectivity index (χ2v) is 8.31.